The van der Waals surface area contributed by atoms with Crippen LogP contribution < -0.4 is 14.2 Å². The third-order valence-corrected chi connectivity index (χ3v) is 4.64. The van der Waals surface area contributed by atoms with E-state index in [1.165, 1.54) is 0 Å². The van der Waals surface area contributed by atoms with Crippen molar-refractivity contribution in [2.75, 3.05) is 20.3 Å². The normalized spacial score (nSPS) is 11.2. The molecule has 30 heavy (non-hydrogen) atoms. The molecule has 0 spiro atoms. The third-order valence-electron chi connectivity index (χ3n) is 4.05. The lowest BCUT2D eigenvalue weighted by Crippen LogP contribution is -2.10. The maximum atomic E-state index is 10.8. The van der Waals surface area contributed by atoms with Crippen molar-refractivity contribution in [2.45, 2.75) is 6.92 Å². The Bertz CT molecular complexity index is 1160. The lowest BCUT2D eigenvalue weighted by atomic mass is 10.1. The Balaban J connectivity index is 2.01. The fourth-order valence-corrected chi connectivity index (χ4v) is 3.35. The number of aliphatic carboxylic acids is 1. The molecule has 0 radical (unpaired) electrons. The largest absolute Gasteiger partial charge is 0.497 e. The SMILES string of the molecule is CCOc1cc(/C=C(\C#N)c2nc3ccc(OC)cc3[nH]2)cc(Br)c1OCC(=O)O. The molecule has 0 saturated heterocycles. The molecule has 1 aromatic heterocycles. The van der Waals surface area contributed by atoms with Crippen LogP contribution in [0.15, 0.2) is 34.8 Å². The Morgan fingerprint density at radius 2 is 2.13 bits per heavy atom. The molecule has 8 nitrogen and oxygen atoms in total. The number of hydrogen-bond donors (Lipinski definition) is 2. The predicted molar refractivity (Wildman–Crippen MR) is 115 cm³/mol. The number of methoxy groups -OCH3 is 1. The molecule has 0 aliphatic carbocycles. The van der Waals surface area contributed by atoms with E-state index in [9.17, 15) is 10.1 Å². The van der Waals surface area contributed by atoms with E-state index in [4.69, 9.17) is 19.3 Å². The van der Waals surface area contributed by atoms with E-state index in [2.05, 4.69) is 32.0 Å². The number of hydrogen-bond acceptors (Lipinski definition) is 6. The maximum Gasteiger partial charge on any atom is 0.341 e. The highest BCUT2D eigenvalue weighted by Crippen LogP contribution is 2.38. The van der Waals surface area contributed by atoms with Gasteiger partial charge < -0.3 is 24.3 Å². The van der Waals surface area contributed by atoms with Gasteiger partial charge >= 0.3 is 5.97 Å². The van der Waals surface area contributed by atoms with Gasteiger partial charge in [0.25, 0.3) is 0 Å². The van der Waals surface area contributed by atoms with Gasteiger partial charge in [0, 0.05) is 6.07 Å². The van der Waals surface area contributed by atoms with Crippen LogP contribution in [0.4, 0.5) is 0 Å². The quantitative estimate of drug-likeness (QED) is 0.471. The molecule has 0 fully saturated rings. The van der Waals surface area contributed by atoms with Crippen molar-refractivity contribution in [2.24, 2.45) is 0 Å². The van der Waals surface area contributed by atoms with E-state index in [1.54, 1.807) is 44.4 Å². The summed E-state index contributed by atoms with van der Waals surface area (Å²) in [7, 11) is 1.58. The number of H-pyrrole nitrogens is 1. The molecule has 3 rings (SSSR count). The van der Waals surface area contributed by atoms with Crippen LogP contribution in [0.2, 0.25) is 0 Å². The first kappa shape index (κ1) is 21.2. The Hall–Kier alpha value is -3.51. The molecule has 2 N–H and O–H groups in total. The van der Waals surface area contributed by atoms with Gasteiger partial charge in [0.15, 0.2) is 18.1 Å². The van der Waals surface area contributed by atoms with Crippen molar-refractivity contribution < 1.29 is 24.1 Å². The molecule has 0 amide bonds. The van der Waals surface area contributed by atoms with Gasteiger partial charge in [-0.15, -0.1) is 0 Å². The molecule has 0 unspecified atom stereocenters. The van der Waals surface area contributed by atoms with Crippen molar-refractivity contribution in [3.63, 3.8) is 0 Å². The number of benzene rings is 2. The number of nitriles is 1. The van der Waals surface area contributed by atoms with E-state index in [0.29, 0.717) is 45.1 Å². The number of carboxylic acid groups (broad SMARTS) is 1. The fourth-order valence-electron chi connectivity index (χ4n) is 2.77. The third kappa shape index (κ3) is 4.72. The number of aromatic nitrogens is 2. The van der Waals surface area contributed by atoms with Crippen LogP contribution >= 0.6 is 15.9 Å². The lowest BCUT2D eigenvalue weighted by Gasteiger charge is -2.13. The highest BCUT2D eigenvalue weighted by molar-refractivity contribution is 9.10. The average molecular weight is 472 g/mol. The van der Waals surface area contributed by atoms with Crippen molar-refractivity contribution in [3.05, 3.63) is 46.2 Å². The Morgan fingerprint density at radius 3 is 2.80 bits per heavy atom. The van der Waals surface area contributed by atoms with Crippen LogP contribution in [-0.2, 0) is 4.79 Å². The van der Waals surface area contributed by atoms with Gasteiger partial charge in [-0.25, -0.2) is 9.78 Å². The number of nitrogens with one attached hydrogen (secondary N) is 1. The van der Waals surface area contributed by atoms with Gasteiger partial charge in [0.05, 0.1) is 34.8 Å². The number of aromatic amines is 1. The van der Waals surface area contributed by atoms with Crippen LogP contribution in [0.25, 0.3) is 22.7 Å². The minimum atomic E-state index is -1.10. The topological polar surface area (TPSA) is 117 Å². The highest BCUT2D eigenvalue weighted by atomic mass is 79.9. The zero-order valence-corrected chi connectivity index (χ0v) is 17.8. The van der Waals surface area contributed by atoms with Gasteiger partial charge in [-0.3, -0.25) is 0 Å². The minimum absolute atomic E-state index is 0.283. The molecule has 2 aromatic carbocycles. The summed E-state index contributed by atoms with van der Waals surface area (Å²) in [6.07, 6.45) is 1.66. The van der Waals surface area contributed by atoms with E-state index in [0.717, 1.165) is 5.52 Å². The van der Waals surface area contributed by atoms with Gasteiger partial charge in [0.1, 0.15) is 17.6 Å². The Morgan fingerprint density at radius 1 is 1.33 bits per heavy atom. The zero-order valence-electron chi connectivity index (χ0n) is 16.2. The molecule has 0 atom stereocenters. The number of rotatable bonds is 8. The molecule has 9 heteroatoms. The molecule has 0 bridgehead atoms. The van der Waals surface area contributed by atoms with Gasteiger partial charge in [-0.05, 0) is 58.8 Å². The molecule has 1 heterocycles. The first-order chi connectivity index (χ1) is 14.4. The molecule has 0 aliphatic rings. The molecule has 3 aromatic rings. The van der Waals surface area contributed by atoms with Gasteiger partial charge in [0.2, 0.25) is 0 Å². The first-order valence-electron chi connectivity index (χ1n) is 8.92. The average Bonchev–Trinajstić information content (AvgIpc) is 3.14. The van der Waals surface area contributed by atoms with Crippen molar-refractivity contribution in [1.29, 1.82) is 5.26 Å². The zero-order chi connectivity index (χ0) is 21.7. The van der Waals surface area contributed by atoms with E-state index < -0.39 is 12.6 Å². The first-order valence-corrected chi connectivity index (χ1v) is 9.71. The number of ether oxygens (including phenoxy) is 3. The van der Waals surface area contributed by atoms with Crippen molar-refractivity contribution in [1.82, 2.24) is 9.97 Å². The van der Waals surface area contributed by atoms with Crippen LogP contribution in [-0.4, -0.2) is 41.4 Å². The summed E-state index contributed by atoms with van der Waals surface area (Å²) in [6.45, 7) is 1.67. The standard InChI is InChI=1S/C21H18BrN3O5/c1-3-29-18-8-12(7-15(22)20(18)30-11-19(26)27)6-13(10-23)21-24-16-5-4-14(28-2)9-17(16)25-21/h4-9H,3,11H2,1-2H3,(H,24,25)(H,26,27)/b13-6+. The maximum absolute atomic E-state index is 10.8. The van der Waals surface area contributed by atoms with E-state index >= 15 is 0 Å². The minimum Gasteiger partial charge on any atom is -0.497 e. The Kier molecular flexibility index (Phi) is 6.59. The summed E-state index contributed by atoms with van der Waals surface area (Å²) < 4.78 is 16.6. The highest BCUT2D eigenvalue weighted by Gasteiger charge is 2.15. The second-order valence-electron chi connectivity index (χ2n) is 6.08. The van der Waals surface area contributed by atoms with Crippen LogP contribution in [0, 0.1) is 11.3 Å². The van der Waals surface area contributed by atoms with E-state index in [1.807, 2.05) is 6.07 Å². The second-order valence-corrected chi connectivity index (χ2v) is 6.94. The molecular weight excluding hydrogens is 454 g/mol. The number of fused-ring (bicyclic) bond motifs is 1. The Labute approximate surface area is 180 Å². The van der Waals surface area contributed by atoms with E-state index in [-0.39, 0.29) is 5.75 Å². The second kappa shape index (κ2) is 9.33. The number of imidazole rings is 1. The molecule has 154 valence electrons. The van der Waals surface area contributed by atoms with Crippen LogP contribution in [0.1, 0.15) is 18.3 Å². The van der Waals surface area contributed by atoms with Crippen molar-refractivity contribution in [3.8, 4) is 23.3 Å². The van der Waals surface area contributed by atoms with Crippen LogP contribution in [0.3, 0.4) is 0 Å². The monoisotopic (exact) mass is 471 g/mol. The van der Waals surface area contributed by atoms with Gasteiger partial charge in [-0.1, -0.05) is 0 Å². The summed E-state index contributed by atoms with van der Waals surface area (Å²) in [5.41, 5.74) is 2.43. The number of carboxylic acids is 1. The lowest BCUT2D eigenvalue weighted by molar-refractivity contribution is -0.139. The molecular formula is C21H18BrN3O5. The number of carbonyl (C=O) groups is 1. The smallest absolute Gasteiger partial charge is 0.341 e. The van der Waals surface area contributed by atoms with Crippen molar-refractivity contribution >= 4 is 44.6 Å². The number of nitrogens with zero attached hydrogens (tertiary/aromatic N) is 2. The fraction of sp³-hybridized carbons (Fsp3) is 0.190. The number of halogens is 1. The number of allylic oxidation sites excluding steroid dienone is 1. The summed E-state index contributed by atoms with van der Waals surface area (Å²) in [6, 6.07) is 10.9. The summed E-state index contributed by atoms with van der Waals surface area (Å²) in [5, 5.41) is 18.5. The van der Waals surface area contributed by atoms with Crippen LogP contribution in [0.5, 0.6) is 17.2 Å². The predicted octanol–water partition coefficient (Wildman–Crippen LogP) is 4.26. The summed E-state index contributed by atoms with van der Waals surface area (Å²) >= 11 is 3.38. The van der Waals surface area contributed by atoms with Gasteiger partial charge in [-0.2, -0.15) is 5.26 Å². The summed E-state index contributed by atoms with van der Waals surface area (Å²) in [4.78, 5) is 18.4. The summed E-state index contributed by atoms with van der Waals surface area (Å²) in [5.74, 6) is 0.654. The molecule has 0 saturated carbocycles. The molecule has 0 aliphatic heterocycles.